The third kappa shape index (κ3) is 4.91. The molecule has 158 valence electrons. The highest BCUT2D eigenvalue weighted by molar-refractivity contribution is 7.92. The Balaban J connectivity index is 1.88. The Hall–Kier alpha value is -3.07. The van der Waals surface area contributed by atoms with E-state index in [1.54, 1.807) is 0 Å². The zero-order valence-corrected chi connectivity index (χ0v) is 16.6. The van der Waals surface area contributed by atoms with Crippen LogP contribution in [0.4, 0.5) is 18.9 Å². The molecule has 5 nitrogen and oxygen atoms in total. The van der Waals surface area contributed by atoms with Gasteiger partial charge in [-0.1, -0.05) is 42.5 Å². The number of nitrogens with two attached hydrogens (primary N) is 1. The Kier molecular flexibility index (Phi) is 6.02. The van der Waals surface area contributed by atoms with Crippen LogP contribution in [0.15, 0.2) is 66.7 Å². The first-order valence-corrected chi connectivity index (χ1v) is 10.6. The number of fused-ring (bicyclic) bond motifs is 1. The molecule has 0 atom stereocenters. The monoisotopic (exact) mass is 436 g/mol. The summed E-state index contributed by atoms with van der Waals surface area (Å²) in [4.78, 5) is 11.4. The van der Waals surface area contributed by atoms with Gasteiger partial charge in [0.1, 0.15) is 6.54 Å². The summed E-state index contributed by atoms with van der Waals surface area (Å²) in [6.45, 7) is -0.663. The summed E-state index contributed by atoms with van der Waals surface area (Å²) in [5, 5.41) is 1.87. The van der Waals surface area contributed by atoms with Crippen LogP contribution < -0.4 is 10.0 Å². The summed E-state index contributed by atoms with van der Waals surface area (Å²) in [5.41, 5.74) is 5.02. The fourth-order valence-corrected chi connectivity index (χ4v) is 4.63. The SMILES string of the molecule is NC(=O)CN(c1ccc(C(F)(F)F)cc1)S(=O)(=O)CCc1cccc2ccccc12. The Morgan fingerprint density at radius 2 is 1.57 bits per heavy atom. The second-order valence-corrected chi connectivity index (χ2v) is 8.73. The van der Waals surface area contributed by atoms with E-state index in [2.05, 4.69) is 0 Å². The smallest absolute Gasteiger partial charge is 0.368 e. The molecule has 1 amide bonds. The van der Waals surface area contributed by atoms with E-state index in [-0.39, 0.29) is 17.9 Å². The molecule has 0 saturated heterocycles. The number of carbonyl (C=O) groups is 1. The maximum Gasteiger partial charge on any atom is 0.416 e. The van der Waals surface area contributed by atoms with Gasteiger partial charge in [-0.2, -0.15) is 13.2 Å². The van der Waals surface area contributed by atoms with E-state index in [4.69, 9.17) is 5.73 Å². The highest BCUT2D eigenvalue weighted by Crippen LogP contribution is 2.31. The summed E-state index contributed by atoms with van der Waals surface area (Å²) in [6, 6.07) is 16.6. The molecule has 3 rings (SSSR count). The molecule has 0 spiro atoms. The summed E-state index contributed by atoms with van der Waals surface area (Å²) < 4.78 is 65.0. The Bertz CT molecular complexity index is 1150. The van der Waals surface area contributed by atoms with Gasteiger partial charge < -0.3 is 5.73 Å². The van der Waals surface area contributed by atoms with Crippen LogP contribution in [0.25, 0.3) is 10.8 Å². The lowest BCUT2D eigenvalue weighted by molar-refractivity contribution is -0.137. The van der Waals surface area contributed by atoms with Crippen molar-refractivity contribution >= 4 is 32.4 Å². The van der Waals surface area contributed by atoms with Gasteiger partial charge in [0.2, 0.25) is 15.9 Å². The fourth-order valence-electron chi connectivity index (χ4n) is 3.17. The summed E-state index contributed by atoms with van der Waals surface area (Å²) >= 11 is 0. The van der Waals surface area contributed by atoms with Crippen molar-refractivity contribution in [3.63, 3.8) is 0 Å². The molecular weight excluding hydrogens is 417 g/mol. The molecule has 0 bridgehead atoms. The average molecular weight is 436 g/mol. The number of aryl methyl sites for hydroxylation is 1. The Morgan fingerprint density at radius 3 is 2.20 bits per heavy atom. The third-order valence-corrected chi connectivity index (χ3v) is 6.36. The number of halogens is 3. The van der Waals surface area contributed by atoms with Crippen molar-refractivity contribution < 1.29 is 26.4 Å². The van der Waals surface area contributed by atoms with Crippen LogP contribution in [0.5, 0.6) is 0 Å². The number of anilines is 1. The van der Waals surface area contributed by atoms with E-state index in [9.17, 15) is 26.4 Å². The molecule has 0 unspecified atom stereocenters. The number of hydrogen-bond donors (Lipinski definition) is 1. The molecule has 0 aromatic heterocycles. The second-order valence-electron chi connectivity index (χ2n) is 6.72. The lowest BCUT2D eigenvalue weighted by atomic mass is 10.0. The van der Waals surface area contributed by atoms with Crippen LogP contribution in [0.1, 0.15) is 11.1 Å². The van der Waals surface area contributed by atoms with Crippen molar-refractivity contribution in [2.24, 2.45) is 5.73 Å². The van der Waals surface area contributed by atoms with Gasteiger partial charge in [-0.3, -0.25) is 9.10 Å². The highest BCUT2D eigenvalue weighted by Gasteiger charge is 2.31. The predicted octanol–water partition coefficient (Wildman–Crippen LogP) is 3.72. The van der Waals surface area contributed by atoms with Gasteiger partial charge in [0, 0.05) is 0 Å². The molecule has 9 heteroatoms. The lowest BCUT2D eigenvalue weighted by Crippen LogP contribution is -2.40. The van der Waals surface area contributed by atoms with Gasteiger partial charge in [-0.25, -0.2) is 8.42 Å². The zero-order chi connectivity index (χ0) is 21.9. The number of carbonyl (C=O) groups excluding carboxylic acids is 1. The van der Waals surface area contributed by atoms with Crippen molar-refractivity contribution in [3.05, 3.63) is 77.9 Å². The van der Waals surface area contributed by atoms with Crippen LogP contribution in [0.3, 0.4) is 0 Å². The summed E-state index contributed by atoms with van der Waals surface area (Å²) in [6.07, 6.45) is -4.39. The largest absolute Gasteiger partial charge is 0.416 e. The number of alkyl halides is 3. The molecule has 0 fully saturated rings. The topological polar surface area (TPSA) is 80.5 Å². The van der Waals surface area contributed by atoms with E-state index in [0.717, 1.165) is 44.9 Å². The summed E-state index contributed by atoms with van der Waals surface area (Å²) in [7, 11) is -4.03. The van der Waals surface area contributed by atoms with E-state index in [0.29, 0.717) is 0 Å². The van der Waals surface area contributed by atoms with Crippen molar-refractivity contribution in [2.45, 2.75) is 12.6 Å². The number of benzene rings is 3. The first kappa shape index (κ1) is 21.6. The number of hydrogen-bond acceptors (Lipinski definition) is 3. The van der Waals surface area contributed by atoms with Gasteiger partial charge in [0.25, 0.3) is 0 Å². The summed E-state index contributed by atoms with van der Waals surface area (Å²) in [5.74, 6) is -1.25. The molecule has 0 aliphatic heterocycles. The normalized spacial score (nSPS) is 12.1. The van der Waals surface area contributed by atoms with E-state index < -0.39 is 34.2 Å². The minimum Gasteiger partial charge on any atom is -0.368 e. The van der Waals surface area contributed by atoms with Crippen LogP contribution >= 0.6 is 0 Å². The minimum atomic E-state index is -4.56. The predicted molar refractivity (Wildman–Crippen MR) is 109 cm³/mol. The van der Waals surface area contributed by atoms with Crippen molar-refractivity contribution in [3.8, 4) is 0 Å². The Labute approximate surface area is 172 Å². The quantitative estimate of drug-likeness (QED) is 0.613. The number of nitrogens with zero attached hydrogens (tertiary/aromatic N) is 1. The molecule has 3 aromatic carbocycles. The molecule has 0 heterocycles. The third-order valence-electron chi connectivity index (χ3n) is 4.63. The van der Waals surface area contributed by atoms with E-state index in [1.165, 1.54) is 0 Å². The van der Waals surface area contributed by atoms with Crippen LogP contribution in [-0.2, 0) is 27.4 Å². The number of amides is 1. The van der Waals surface area contributed by atoms with E-state index in [1.807, 2.05) is 42.5 Å². The van der Waals surface area contributed by atoms with Gasteiger partial charge in [-0.15, -0.1) is 0 Å². The average Bonchev–Trinajstić information content (AvgIpc) is 2.70. The van der Waals surface area contributed by atoms with Gasteiger partial charge >= 0.3 is 6.18 Å². The van der Waals surface area contributed by atoms with Gasteiger partial charge in [-0.05, 0) is 47.0 Å². The standard InChI is InChI=1S/C21H19F3N2O3S/c22-21(23,24)17-8-10-18(11-9-17)26(14-20(25)27)30(28,29)13-12-16-6-3-5-15-4-1-2-7-19(15)16/h1-11H,12-14H2,(H2,25,27). The molecule has 2 N–H and O–H groups in total. The first-order valence-electron chi connectivity index (χ1n) is 9.00. The molecular formula is C21H19F3N2O3S. The Morgan fingerprint density at radius 1 is 0.933 bits per heavy atom. The van der Waals surface area contributed by atoms with Crippen molar-refractivity contribution in [2.75, 3.05) is 16.6 Å². The molecule has 0 aliphatic rings. The molecule has 0 saturated carbocycles. The lowest BCUT2D eigenvalue weighted by Gasteiger charge is -2.23. The molecule has 0 radical (unpaired) electrons. The fraction of sp³-hybridized carbons (Fsp3) is 0.190. The van der Waals surface area contributed by atoms with Crippen LogP contribution in [0, 0.1) is 0 Å². The number of sulfonamides is 1. The van der Waals surface area contributed by atoms with Gasteiger partial charge in [0.05, 0.1) is 17.0 Å². The van der Waals surface area contributed by atoms with Crippen molar-refractivity contribution in [1.29, 1.82) is 0 Å². The first-order chi connectivity index (χ1) is 14.1. The second kappa shape index (κ2) is 8.35. The molecule has 0 aliphatic carbocycles. The minimum absolute atomic E-state index is 0.0558. The van der Waals surface area contributed by atoms with Crippen LogP contribution in [-0.4, -0.2) is 26.6 Å². The van der Waals surface area contributed by atoms with E-state index >= 15 is 0 Å². The highest BCUT2D eigenvalue weighted by atomic mass is 32.2. The number of primary amides is 1. The molecule has 30 heavy (non-hydrogen) atoms. The zero-order valence-electron chi connectivity index (χ0n) is 15.8. The number of rotatable bonds is 7. The maximum atomic E-state index is 13.0. The van der Waals surface area contributed by atoms with Crippen molar-refractivity contribution in [1.82, 2.24) is 0 Å². The maximum absolute atomic E-state index is 13.0. The molecule has 3 aromatic rings. The van der Waals surface area contributed by atoms with Gasteiger partial charge in [0.15, 0.2) is 0 Å². The van der Waals surface area contributed by atoms with Crippen LogP contribution in [0.2, 0.25) is 0 Å².